The predicted octanol–water partition coefficient (Wildman–Crippen LogP) is 2.40. The summed E-state index contributed by atoms with van der Waals surface area (Å²) in [6.45, 7) is 5.65. The Balaban J connectivity index is 2.39. The number of carbonyl (C=O) groups excluding carboxylic acids is 2. The van der Waals surface area contributed by atoms with E-state index in [-0.39, 0.29) is 5.75 Å². The summed E-state index contributed by atoms with van der Waals surface area (Å²) < 4.78 is 10.2. The van der Waals surface area contributed by atoms with E-state index in [1.165, 1.54) is 18.1 Å². The maximum absolute atomic E-state index is 12.4. The third-order valence-corrected chi connectivity index (χ3v) is 3.41. The Morgan fingerprint density at radius 1 is 1.32 bits per heavy atom. The average molecular weight is 307 g/mol. The van der Waals surface area contributed by atoms with Gasteiger partial charge in [0.2, 0.25) is 0 Å². The SMILES string of the molecule is COC(=O)C1c2cc(O)ccc2CCN1C(=O)OC(C)(C)C. The Hall–Kier alpha value is -2.24. The van der Waals surface area contributed by atoms with Crippen LogP contribution in [0.25, 0.3) is 0 Å². The molecule has 0 radical (unpaired) electrons. The first-order valence-electron chi connectivity index (χ1n) is 7.12. The van der Waals surface area contributed by atoms with E-state index in [1.54, 1.807) is 32.9 Å². The van der Waals surface area contributed by atoms with Gasteiger partial charge < -0.3 is 14.6 Å². The lowest BCUT2D eigenvalue weighted by Gasteiger charge is -2.36. The standard InChI is InChI=1S/C16H21NO5/c1-16(2,3)22-15(20)17-8-7-10-5-6-11(18)9-12(10)13(17)14(19)21-4/h5-6,9,13,18H,7-8H2,1-4H3. The van der Waals surface area contributed by atoms with Crippen LogP contribution in [0, 0.1) is 0 Å². The van der Waals surface area contributed by atoms with Crippen molar-refractivity contribution in [2.45, 2.75) is 38.8 Å². The van der Waals surface area contributed by atoms with E-state index >= 15 is 0 Å². The van der Waals surface area contributed by atoms with E-state index in [2.05, 4.69) is 0 Å². The Kier molecular flexibility index (Phi) is 4.30. The first-order chi connectivity index (χ1) is 10.2. The van der Waals surface area contributed by atoms with Gasteiger partial charge in [0.1, 0.15) is 11.4 Å². The minimum atomic E-state index is -0.907. The van der Waals surface area contributed by atoms with Crippen LogP contribution >= 0.6 is 0 Å². The monoisotopic (exact) mass is 307 g/mol. The number of phenols is 1. The zero-order valence-electron chi connectivity index (χ0n) is 13.3. The summed E-state index contributed by atoms with van der Waals surface area (Å²) in [5, 5.41) is 9.69. The van der Waals surface area contributed by atoms with E-state index < -0.39 is 23.7 Å². The lowest BCUT2D eigenvalue weighted by atomic mass is 9.92. The van der Waals surface area contributed by atoms with Gasteiger partial charge in [-0.25, -0.2) is 9.59 Å². The highest BCUT2D eigenvalue weighted by molar-refractivity contribution is 5.84. The minimum Gasteiger partial charge on any atom is -0.508 e. The summed E-state index contributed by atoms with van der Waals surface area (Å²) in [5.41, 5.74) is 0.827. The molecule has 6 heteroatoms. The van der Waals surface area contributed by atoms with Crippen molar-refractivity contribution >= 4 is 12.1 Å². The first kappa shape index (κ1) is 16.1. The molecule has 1 aliphatic heterocycles. The number of hydrogen-bond acceptors (Lipinski definition) is 5. The van der Waals surface area contributed by atoms with Crippen LogP contribution in [0.15, 0.2) is 18.2 Å². The van der Waals surface area contributed by atoms with E-state index in [0.717, 1.165) is 5.56 Å². The second kappa shape index (κ2) is 5.87. The molecule has 1 aromatic carbocycles. The number of fused-ring (bicyclic) bond motifs is 1. The van der Waals surface area contributed by atoms with E-state index in [1.807, 2.05) is 0 Å². The molecule has 1 aliphatic rings. The number of hydrogen-bond donors (Lipinski definition) is 1. The van der Waals surface area contributed by atoms with E-state index in [9.17, 15) is 14.7 Å². The molecular weight excluding hydrogens is 286 g/mol. The quantitative estimate of drug-likeness (QED) is 0.806. The van der Waals surface area contributed by atoms with Crippen LogP contribution in [0.2, 0.25) is 0 Å². The van der Waals surface area contributed by atoms with Gasteiger partial charge in [-0.2, -0.15) is 0 Å². The highest BCUT2D eigenvalue weighted by Gasteiger charge is 2.39. The van der Waals surface area contributed by atoms with Gasteiger partial charge in [-0.15, -0.1) is 0 Å². The fourth-order valence-corrected chi connectivity index (χ4v) is 2.49. The maximum Gasteiger partial charge on any atom is 0.411 e. The number of methoxy groups -OCH3 is 1. The van der Waals surface area contributed by atoms with Crippen molar-refractivity contribution in [3.63, 3.8) is 0 Å². The molecule has 0 saturated heterocycles. The molecule has 0 spiro atoms. The summed E-state index contributed by atoms with van der Waals surface area (Å²) >= 11 is 0. The molecule has 22 heavy (non-hydrogen) atoms. The average Bonchev–Trinajstić information content (AvgIpc) is 2.43. The van der Waals surface area contributed by atoms with Crippen molar-refractivity contribution in [3.05, 3.63) is 29.3 Å². The Morgan fingerprint density at radius 3 is 2.59 bits per heavy atom. The van der Waals surface area contributed by atoms with Gasteiger partial charge in [0, 0.05) is 6.54 Å². The molecule has 0 aliphatic carbocycles. The smallest absolute Gasteiger partial charge is 0.411 e. The molecule has 1 amide bonds. The molecule has 0 saturated carbocycles. The number of carbonyl (C=O) groups is 2. The maximum atomic E-state index is 12.4. The van der Waals surface area contributed by atoms with Crippen LogP contribution in [0.3, 0.4) is 0 Å². The van der Waals surface area contributed by atoms with Crippen molar-refractivity contribution in [1.29, 1.82) is 0 Å². The zero-order valence-corrected chi connectivity index (χ0v) is 13.3. The van der Waals surface area contributed by atoms with Gasteiger partial charge in [-0.3, -0.25) is 4.90 Å². The summed E-state index contributed by atoms with van der Waals surface area (Å²) in [4.78, 5) is 25.9. The van der Waals surface area contributed by atoms with Crippen LogP contribution in [-0.2, 0) is 20.7 Å². The van der Waals surface area contributed by atoms with Crippen molar-refractivity contribution in [3.8, 4) is 5.75 Å². The third-order valence-electron chi connectivity index (χ3n) is 3.41. The van der Waals surface area contributed by atoms with Crippen LogP contribution < -0.4 is 0 Å². The highest BCUT2D eigenvalue weighted by atomic mass is 16.6. The zero-order chi connectivity index (χ0) is 16.5. The molecule has 0 fully saturated rings. The summed E-state index contributed by atoms with van der Waals surface area (Å²) in [5.74, 6) is -0.517. The first-order valence-corrected chi connectivity index (χ1v) is 7.12. The number of aromatic hydroxyl groups is 1. The van der Waals surface area contributed by atoms with Gasteiger partial charge in [-0.1, -0.05) is 6.07 Å². The second-order valence-electron chi connectivity index (χ2n) is 6.23. The minimum absolute atomic E-state index is 0.0405. The molecule has 0 aromatic heterocycles. The van der Waals surface area contributed by atoms with E-state index in [0.29, 0.717) is 18.5 Å². The third kappa shape index (κ3) is 3.32. The number of esters is 1. The van der Waals surface area contributed by atoms with Crippen molar-refractivity contribution < 1.29 is 24.2 Å². The number of benzene rings is 1. The molecule has 6 nitrogen and oxygen atoms in total. The summed E-state index contributed by atoms with van der Waals surface area (Å²) in [6.07, 6.45) is 0.0133. The van der Waals surface area contributed by atoms with E-state index in [4.69, 9.17) is 9.47 Å². The summed E-state index contributed by atoms with van der Waals surface area (Å²) in [7, 11) is 1.27. The fraction of sp³-hybridized carbons (Fsp3) is 0.500. The fourth-order valence-electron chi connectivity index (χ4n) is 2.49. The van der Waals surface area contributed by atoms with Gasteiger partial charge >= 0.3 is 12.1 Å². The topological polar surface area (TPSA) is 76.1 Å². The normalized spacial score (nSPS) is 17.6. The van der Waals surface area contributed by atoms with Gasteiger partial charge in [0.05, 0.1) is 7.11 Å². The van der Waals surface area contributed by atoms with Gasteiger partial charge in [0.25, 0.3) is 0 Å². The number of nitrogens with zero attached hydrogens (tertiary/aromatic N) is 1. The molecule has 2 rings (SSSR count). The molecule has 1 heterocycles. The number of phenolic OH excluding ortho intramolecular Hbond substituents is 1. The van der Waals surface area contributed by atoms with Crippen LogP contribution in [-0.4, -0.2) is 41.3 Å². The Labute approximate surface area is 129 Å². The van der Waals surface area contributed by atoms with Crippen molar-refractivity contribution in [1.82, 2.24) is 4.90 Å². The van der Waals surface area contributed by atoms with Gasteiger partial charge in [-0.05, 0) is 50.5 Å². The van der Waals surface area contributed by atoms with Gasteiger partial charge in [0.15, 0.2) is 6.04 Å². The highest BCUT2D eigenvalue weighted by Crippen LogP contribution is 2.34. The largest absolute Gasteiger partial charge is 0.508 e. The Bertz CT molecular complexity index is 591. The molecular formula is C16H21NO5. The lowest BCUT2D eigenvalue weighted by molar-refractivity contribution is -0.147. The molecule has 1 atom stereocenters. The van der Waals surface area contributed by atoms with Crippen LogP contribution in [0.5, 0.6) is 5.75 Å². The number of ether oxygens (including phenoxy) is 2. The molecule has 0 bridgehead atoms. The van der Waals surface area contributed by atoms with Crippen LogP contribution in [0.1, 0.15) is 37.9 Å². The van der Waals surface area contributed by atoms with Crippen molar-refractivity contribution in [2.75, 3.05) is 13.7 Å². The lowest BCUT2D eigenvalue weighted by Crippen LogP contribution is -2.46. The molecule has 1 N–H and O–H groups in total. The predicted molar refractivity (Wildman–Crippen MR) is 79.5 cm³/mol. The second-order valence-corrected chi connectivity index (χ2v) is 6.23. The number of amides is 1. The van der Waals surface area contributed by atoms with Crippen LogP contribution in [0.4, 0.5) is 4.79 Å². The Morgan fingerprint density at radius 2 is 2.00 bits per heavy atom. The molecule has 1 unspecified atom stereocenters. The number of rotatable bonds is 1. The molecule has 1 aromatic rings. The molecule has 120 valence electrons. The van der Waals surface area contributed by atoms with Crippen molar-refractivity contribution in [2.24, 2.45) is 0 Å². The summed E-state index contributed by atoms with van der Waals surface area (Å²) in [6, 6.07) is 3.91.